The highest BCUT2D eigenvalue weighted by Gasteiger charge is 2.24. The summed E-state index contributed by atoms with van der Waals surface area (Å²) in [4.78, 5) is 48.4. The van der Waals surface area contributed by atoms with Crippen molar-refractivity contribution in [2.24, 2.45) is 0 Å². The van der Waals surface area contributed by atoms with Crippen LogP contribution in [0, 0.1) is 0 Å². The van der Waals surface area contributed by atoms with Crippen LogP contribution in [-0.2, 0) is 28.7 Å². The predicted molar refractivity (Wildman–Crippen MR) is 96.9 cm³/mol. The van der Waals surface area contributed by atoms with E-state index in [0.717, 1.165) is 13.2 Å². The monoisotopic (exact) mass is 379 g/mol. The van der Waals surface area contributed by atoms with E-state index >= 15 is 0 Å². The number of esters is 2. The van der Waals surface area contributed by atoms with E-state index in [2.05, 4.69) is 20.7 Å². The summed E-state index contributed by atoms with van der Waals surface area (Å²) in [7, 11) is 1.11. The molecule has 0 aliphatic carbocycles. The van der Waals surface area contributed by atoms with E-state index in [9.17, 15) is 19.2 Å². The van der Waals surface area contributed by atoms with Gasteiger partial charge in [-0.15, -0.1) is 0 Å². The smallest absolute Gasteiger partial charge is 0.354 e. The number of nitrogens with one attached hydrogen (secondary N) is 3. The maximum atomic E-state index is 12.6. The van der Waals surface area contributed by atoms with E-state index in [1.807, 2.05) is 6.92 Å². The maximum Gasteiger partial charge on any atom is 0.354 e. The Morgan fingerprint density at radius 3 is 2.44 bits per heavy atom. The zero-order valence-electron chi connectivity index (χ0n) is 15.9. The fourth-order valence-corrected chi connectivity index (χ4v) is 2.12. The van der Waals surface area contributed by atoms with E-state index in [1.165, 1.54) is 0 Å². The molecule has 1 aliphatic heterocycles. The Balaban J connectivity index is 3.02. The molecule has 27 heavy (non-hydrogen) atoms. The van der Waals surface area contributed by atoms with E-state index in [1.54, 1.807) is 26.0 Å². The summed E-state index contributed by atoms with van der Waals surface area (Å²) in [6.45, 7) is 5.77. The molecule has 9 heteroatoms. The van der Waals surface area contributed by atoms with Crippen molar-refractivity contribution >= 4 is 23.8 Å². The van der Waals surface area contributed by atoms with E-state index < -0.39 is 35.5 Å². The molecule has 0 saturated carbocycles. The SMILES string of the molecule is CCOC(=O)/C=C(/NC(=O)/C(NC(=O)[C@@H]1C=CCN1)=C(/C)CC)C(=O)OC. The average Bonchev–Trinajstić information content (AvgIpc) is 3.19. The topological polar surface area (TPSA) is 123 Å². The Morgan fingerprint density at radius 2 is 1.93 bits per heavy atom. The summed E-state index contributed by atoms with van der Waals surface area (Å²) < 4.78 is 9.31. The molecular weight excluding hydrogens is 354 g/mol. The number of ether oxygens (including phenoxy) is 2. The van der Waals surface area contributed by atoms with Crippen molar-refractivity contribution in [3.05, 3.63) is 35.2 Å². The molecule has 0 bridgehead atoms. The van der Waals surface area contributed by atoms with Crippen molar-refractivity contribution in [2.75, 3.05) is 20.3 Å². The summed E-state index contributed by atoms with van der Waals surface area (Å²) >= 11 is 0. The lowest BCUT2D eigenvalue weighted by Crippen LogP contribution is -2.44. The third-order valence-electron chi connectivity index (χ3n) is 3.70. The van der Waals surface area contributed by atoms with Gasteiger partial charge in [-0.3, -0.25) is 14.9 Å². The average molecular weight is 379 g/mol. The van der Waals surface area contributed by atoms with E-state index in [0.29, 0.717) is 18.5 Å². The van der Waals surface area contributed by atoms with Gasteiger partial charge in [0.15, 0.2) is 0 Å². The number of methoxy groups -OCH3 is 1. The van der Waals surface area contributed by atoms with Crippen molar-refractivity contribution in [3.8, 4) is 0 Å². The largest absolute Gasteiger partial charge is 0.464 e. The van der Waals surface area contributed by atoms with Gasteiger partial charge in [-0.05, 0) is 25.8 Å². The maximum absolute atomic E-state index is 12.6. The molecule has 148 valence electrons. The first-order valence-corrected chi connectivity index (χ1v) is 8.52. The summed E-state index contributed by atoms with van der Waals surface area (Å²) in [6, 6.07) is -0.549. The van der Waals surface area contributed by atoms with Crippen molar-refractivity contribution in [3.63, 3.8) is 0 Å². The molecule has 9 nitrogen and oxygen atoms in total. The molecule has 1 heterocycles. The molecule has 0 unspecified atom stereocenters. The molecule has 3 N–H and O–H groups in total. The number of carbonyl (C=O) groups is 4. The second kappa shape index (κ2) is 10.9. The van der Waals surface area contributed by atoms with E-state index in [4.69, 9.17) is 4.74 Å². The number of allylic oxidation sites excluding steroid dienone is 1. The lowest BCUT2D eigenvalue weighted by Gasteiger charge is -2.16. The lowest BCUT2D eigenvalue weighted by molar-refractivity contribution is -0.140. The van der Waals surface area contributed by atoms with Crippen molar-refractivity contribution in [1.82, 2.24) is 16.0 Å². The van der Waals surface area contributed by atoms with Crippen LogP contribution >= 0.6 is 0 Å². The van der Waals surface area contributed by atoms with Crippen molar-refractivity contribution in [2.45, 2.75) is 33.2 Å². The minimum absolute atomic E-state index is 0.00302. The van der Waals surface area contributed by atoms with Crippen molar-refractivity contribution < 1.29 is 28.7 Å². The molecule has 0 fully saturated rings. The van der Waals surface area contributed by atoms with Crippen LogP contribution in [0.3, 0.4) is 0 Å². The highest BCUT2D eigenvalue weighted by Crippen LogP contribution is 2.08. The molecule has 0 aromatic heterocycles. The van der Waals surface area contributed by atoms with Crippen LogP contribution in [0.4, 0.5) is 0 Å². The van der Waals surface area contributed by atoms with Gasteiger partial charge < -0.3 is 20.1 Å². The van der Waals surface area contributed by atoms with Gasteiger partial charge in [0.2, 0.25) is 5.91 Å². The number of carbonyl (C=O) groups excluding carboxylic acids is 4. The molecule has 0 spiro atoms. The van der Waals surface area contributed by atoms with Crippen LogP contribution < -0.4 is 16.0 Å². The van der Waals surface area contributed by atoms with Gasteiger partial charge in [-0.1, -0.05) is 19.1 Å². The Morgan fingerprint density at radius 1 is 1.22 bits per heavy atom. The lowest BCUT2D eigenvalue weighted by atomic mass is 10.1. The van der Waals surface area contributed by atoms with Gasteiger partial charge >= 0.3 is 11.9 Å². The van der Waals surface area contributed by atoms with Crippen LogP contribution in [0.15, 0.2) is 35.2 Å². The summed E-state index contributed by atoms with van der Waals surface area (Å²) in [5.74, 6) is -2.88. The quantitative estimate of drug-likeness (QED) is 0.309. The Kier molecular flexibility index (Phi) is 8.94. The van der Waals surface area contributed by atoms with Gasteiger partial charge in [-0.25, -0.2) is 9.59 Å². The highest BCUT2D eigenvalue weighted by molar-refractivity contribution is 6.05. The summed E-state index contributed by atoms with van der Waals surface area (Å²) in [6.07, 6.45) is 4.81. The molecular formula is C18H25N3O6. The van der Waals surface area contributed by atoms with Crippen molar-refractivity contribution in [1.29, 1.82) is 0 Å². The van der Waals surface area contributed by atoms with Gasteiger partial charge in [0.05, 0.1) is 19.8 Å². The van der Waals surface area contributed by atoms with Gasteiger partial charge in [0.25, 0.3) is 5.91 Å². The molecule has 0 radical (unpaired) electrons. The van der Waals surface area contributed by atoms with Crippen LogP contribution in [0.1, 0.15) is 27.2 Å². The van der Waals surface area contributed by atoms with Crippen LogP contribution in [0.5, 0.6) is 0 Å². The fourth-order valence-electron chi connectivity index (χ4n) is 2.12. The number of amides is 2. The zero-order valence-corrected chi connectivity index (χ0v) is 15.9. The third-order valence-corrected chi connectivity index (χ3v) is 3.70. The molecule has 0 aromatic carbocycles. The van der Waals surface area contributed by atoms with Gasteiger partial charge in [0.1, 0.15) is 17.4 Å². The second-order valence-electron chi connectivity index (χ2n) is 5.57. The first-order valence-electron chi connectivity index (χ1n) is 8.52. The second-order valence-corrected chi connectivity index (χ2v) is 5.57. The minimum atomic E-state index is -0.920. The van der Waals surface area contributed by atoms with Crippen LogP contribution in [-0.4, -0.2) is 50.1 Å². The van der Waals surface area contributed by atoms with E-state index in [-0.39, 0.29) is 12.3 Å². The minimum Gasteiger partial charge on any atom is -0.464 e. The summed E-state index contributed by atoms with van der Waals surface area (Å²) in [5.41, 5.74) is 0.210. The Bertz CT molecular complexity index is 693. The van der Waals surface area contributed by atoms with Crippen LogP contribution in [0.2, 0.25) is 0 Å². The molecule has 1 aliphatic rings. The predicted octanol–water partition coefficient (Wildman–Crippen LogP) is 0.0508. The molecule has 1 rings (SSSR count). The van der Waals surface area contributed by atoms with Gasteiger partial charge in [0, 0.05) is 6.54 Å². The highest BCUT2D eigenvalue weighted by atomic mass is 16.5. The molecule has 1 atom stereocenters. The molecule has 0 saturated heterocycles. The number of hydrogen-bond donors (Lipinski definition) is 3. The number of hydrogen-bond acceptors (Lipinski definition) is 7. The first kappa shape index (κ1) is 22.1. The normalized spacial score (nSPS) is 17.0. The standard InChI is InChI=1S/C18H25N3O6/c1-5-11(3)15(21-16(23)12-8-7-9-19-12)17(24)20-13(18(25)26-4)10-14(22)27-6-2/h7-8,10,12,19H,5-6,9H2,1-4H3,(H,20,24)(H,21,23)/b13-10+,15-11+/t12-/m0/s1. The Labute approximate surface area is 157 Å². The zero-order chi connectivity index (χ0) is 20.4. The first-order chi connectivity index (χ1) is 12.8. The third kappa shape index (κ3) is 6.70. The summed E-state index contributed by atoms with van der Waals surface area (Å²) in [5, 5.41) is 7.82. The molecule has 2 amide bonds. The fraction of sp³-hybridized carbons (Fsp3) is 0.444. The molecule has 0 aromatic rings. The van der Waals surface area contributed by atoms with Crippen LogP contribution in [0.25, 0.3) is 0 Å². The van der Waals surface area contributed by atoms with Gasteiger partial charge in [-0.2, -0.15) is 0 Å². The number of rotatable bonds is 8. The Hall–Kier alpha value is -2.94.